The van der Waals surface area contributed by atoms with Crippen molar-refractivity contribution in [3.05, 3.63) is 42.0 Å². The van der Waals surface area contributed by atoms with Crippen LogP contribution in [0.3, 0.4) is 0 Å². The van der Waals surface area contributed by atoms with Crippen LogP contribution in [0.5, 0.6) is 0 Å². The Labute approximate surface area is 192 Å². The minimum atomic E-state index is -2.99. The van der Waals surface area contributed by atoms with Crippen molar-refractivity contribution in [2.45, 2.75) is 64.1 Å². The molecule has 176 valence electrons. The maximum Gasteiger partial charge on any atom is 0.412 e. The average molecular weight is 472 g/mol. The van der Waals surface area contributed by atoms with Gasteiger partial charge in [-0.15, -0.1) is 0 Å². The lowest BCUT2D eigenvalue weighted by Gasteiger charge is -2.33. The van der Waals surface area contributed by atoms with Crippen LogP contribution in [0.2, 0.25) is 0 Å². The van der Waals surface area contributed by atoms with Gasteiger partial charge in [0.25, 0.3) is 0 Å². The Morgan fingerprint density at radius 3 is 2.67 bits per heavy atom. The Morgan fingerprint density at radius 2 is 2.00 bits per heavy atom. The van der Waals surface area contributed by atoms with Crippen LogP contribution in [-0.2, 0) is 22.8 Å². The van der Waals surface area contributed by atoms with Gasteiger partial charge >= 0.3 is 6.09 Å². The summed E-state index contributed by atoms with van der Waals surface area (Å²) >= 11 is 0. The molecule has 1 unspecified atom stereocenters. The van der Waals surface area contributed by atoms with E-state index in [4.69, 9.17) is 4.98 Å². The summed E-state index contributed by atoms with van der Waals surface area (Å²) in [6.45, 7) is 4.69. The molecule has 0 saturated carbocycles. The Kier molecular flexibility index (Phi) is 5.43. The number of hydrogen-bond donors (Lipinski definition) is 1. The van der Waals surface area contributed by atoms with Gasteiger partial charge < -0.3 is 9.67 Å². The van der Waals surface area contributed by atoms with Crippen LogP contribution in [0.4, 0.5) is 10.5 Å². The number of amides is 1. The molecule has 1 fully saturated rings. The van der Waals surface area contributed by atoms with Gasteiger partial charge in [-0.3, -0.25) is 9.58 Å². The summed E-state index contributed by atoms with van der Waals surface area (Å²) in [5.41, 5.74) is 3.46. The summed E-state index contributed by atoms with van der Waals surface area (Å²) in [7, 11) is -2.99. The minimum Gasteiger partial charge on any atom is -0.465 e. The lowest BCUT2D eigenvalue weighted by atomic mass is 9.95. The third-order valence-corrected chi connectivity index (χ3v) is 8.75. The third kappa shape index (κ3) is 3.90. The highest BCUT2D eigenvalue weighted by atomic mass is 32.2. The molecule has 2 aliphatic heterocycles. The highest BCUT2D eigenvalue weighted by Gasteiger charge is 2.33. The second-order valence-corrected chi connectivity index (χ2v) is 11.6. The van der Waals surface area contributed by atoms with E-state index in [1.807, 2.05) is 36.0 Å². The van der Waals surface area contributed by atoms with Crippen molar-refractivity contribution < 1.29 is 18.3 Å². The Bertz CT molecular complexity index is 1280. The minimum absolute atomic E-state index is 0.0459. The molecule has 33 heavy (non-hydrogen) atoms. The highest BCUT2D eigenvalue weighted by Crippen LogP contribution is 2.39. The summed E-state index contributed by atoms with van der Waals surface area (Å²) in [5.74, 6) is 1.31. The van der Waals surface area contributed by atoms with Gasteiger partial charge in [-0.05, 0) is 50.8 Å². The average Bonchev–Trinajstić information content (AvgIpc) is 3.41. The number of nitrogens with zero attached hydrogens (tertiary/aromatic N) is 5. The van der Waals surface area contributed by atoms with Crippen LogP contribution in [-0.4, -0.2) is 56.5 Å². The van der Waals surface area contributed by atoms with Gasteiger partial charge in [-0.2, -0.15) is 5.10 Å². The number of benzene rings is 1. The second-order valence-electron chi connectivity index (χ2n) is 9.32. The molecule has 1 aromatic carbocycles. The Balaban J connectivity index is 1.64. The zero-order chi connectivity index (χ0) is 23.3. The molecular formula is C23H29N5O4S. The molecule has 2 aromatic heterocycles. The predicted octanol–water partition coefficient (Wildman–Crippen LogP) is 3.61. The number of aromatic nitrogens is 4. The molecular weight excluding hydrogens is 442 g/mol. The fourth-order valence-electron chi connectivity index (χ4n) is 5.35. The molecule has 0 spiro atoms. The van der Waals surface area contributed by atoms with E-state index in [2.05, 4.69) is 16.6 Å². The standard InChI is InChI=1S/C23H29N5O4S/c1-15(14-26-11-3-10-24-26)22-25-21-18-5-4-16(2)27(23(29)30)19(18)6-7-20(21)28(22)17-8-12-33(31,32)13-9-17/h3,6-7,10-11,15-17H,4-5,8-9,12-14H2,1-2H3,(H,29,30)/t15?,16-/m0/s1. The topological polar surface area (TPSA) is 110 Å². The van der Waals surface area contributed by atoms with Crippen molar-refractivity contribution in [3.8, 4) is 0 Å². The number of anilines is 1. The normalized spacial score (nSPS) is 21.8. The van der Waals surface area contributed by atoms with E-state index in [1.165, 1.54) is 4.90 Å². The number of rotatable bonds is 4. The molecule has 9 nitrogen and oxygen atoms in total. The van der Waals surface area contributed by atoms with Crippen LogP contribution in [0.1, 0.15) is 56.5 Å². The first kappa shape index (κ1) is 21.9. The fourth-order valence-corrected chi connectivity index (χ4v) is 6.81. The lowest BCUT2D eigenvalue weighted by Crippen LogP contribution is -2.41. The van der Waals surface area contributed by atoms with Gasteiger partial charge in [0.15, 0.2) is 0 Å². The molecule has 4 heterocycles. The number of aryl methyl sites for hydroxylation is 1. The summed E-state index contributed by atoms with van der Waals surface area (Å²) in [6, 6.07) is 5.70. The van der Waals surface area contributed by atoms with Gasteiger partial charge in [-0.25, -0.2) is 18.2 Å². The predicted molar refractivity (Wildman–Crippen MR) is 126 cm³/mol. The molecule has 1 saturated heterocycles. The molecule has 2 atom stereocenters. The van der Waals surface area contributed by atoms with Crippen molar-refractivity contribution in [2.24, 2.45) is 0 Å². The van der Waals surface area contributed by atoms with Crippen LogP contribution in [0.15, 0.2) is 30.6 Å². The first-order valence-corrected chi connectivity index (χ1v) is 13.3. The summed E-state index contributed by atoms with van der Waals surface area (Å²) in [4.78, 5) is 18.5. The van der Waals surface area contributed by atoms with Gasteiger partial charge in [-0.1, -0.05) is 6.92 Å². The van der Waals surface area contributed by atoms with Crippen molar-refractivity contribution in [1.82, 2.24) is 19.3 Å². The number of carbonyl (C=O) groups is 1. The third-order valence-electron chi connectivity index (χ3n) is 7.04. The van der Waals surface area contributed by atoms with Gasteiger partial charge in [0.2, 0.25) is 0 Å². The second kappa shape index (κ2) is 8.16. The van der Waals surface area contributed by atoms with Crippen LogP contribution in [0.25, 0.3) is 11.0 Å². The van der Waals surface area contributed by atoms with E-state index in [0.717, 1.165) is 35.3 Å². The van der Waals surface area contributed by atoms with Crippen molar-refractivity contribution in [3.63, 3.8) is 0 Å². The molecule has 2 aliphatic rings. The van der Waals surface area contributed by atoms with E-state index in [1.54, 1.807) is 6.20 Å². The molecule has 0 aliphatic carbocycles. The number of carboxylic acid groups (broad SMARTS) is 1. The Morgan fingerprint density at radius 1 is 1.24 bits per heavy atom. The van der Waals surface area contributed by atoms with Crippen LogP contribution >= 0.6 is 0 Å². The largest absolute Gasteiger partial charge is 0.465 e. The Hall–Kier alpha value is -2.88. The SMILES string of the molecule is CC(Cn1cccn1)c1nc2c3c(ccc2n1C1CCS(=O)(=O)CC1)N(C(=O)O)[C@@H](C)CC3. The van der Waals surface area contributed by atoms with E-state index < -0.39 is 15.9 Å². The monoisotopic (exact) mass is 471 g/mol. The summed E-state index contributed by atoms with van der Waals surface area (Å²) in [5, 5.41) is 14.1. The summed E-state index contributed by atoms with van der Waals surface area (Å²) in [6.07, 6.45) is 5.35. The van der Waals surface area contributed by atoms with Crippen molar-refractivity contribution >= 4 is 32.7 Å². The van der Waals surface area contributed by atoms with Crippen LogP contribution < -0.4 is 4.90 Å². The maximum atomic E-state index is 12.1. The van der Waals surface area contributed by atoms with Gasteiger partial charge in [0.1, 0.15) is 15.7 Å². The van der Waals surface area contributed by atoms with Gasteiger partial charge in [0, 0.05) is 36.0 Å². The van der Waals surface area contributed by atoms with Crippen LogP contribution in [0, 0.1) is 0 Å². The van der Waals surface area contributed by atoms with E-state index in [9.17, 15) is 18.3 Å². The molecule has 0 radical (unpaired) electrons. The number of fused-ring (bicyclic) bond motifs is 3. The molecule has 1 amide bonds. The first-order chi connectivity index (χ1) is 15.7. The van der Waals surface area contributed by atoms with E-state index in [-0.39, 0.29) is 29.5 Å². The number of hydrogen-bond acceptors (Lipinski definition) is 5. The molecule has 0 bridgehead atoms. The van der Waals surface area contributed by atoms with Gasteiger partial charge in [0.05, 0.1) is 34.8 Å². The number of imidazole rings is 1. The smallest absolute Gasteiger partial charge is 0.412 e. The highest BCUT2D eigenvalue weighted by molar-refractivity contribution is 7.91. The maximum absolute atomic E-state index is 12.1. The number of sulfone groups is 1. The van der Waals surface area contributed by atoms with E-state index in [0.29, 0.717) is 25.1 Å². The molecule has 1 N–H and O–H groups in total. The lowest BCUT2D eigenvalue weighted by molar-refractivity contribution is 0.198. The fraction of sp³-hybridized carbons (Fsp3) is 0.522. The van der Waals surface area contributed by atoms with E-state index >= 15 is 0 Å². The summed E-state index contributed by atoms with van der Waals surface area (Å²) < 4.78 is 28.3. The zero-order valence-electron chi connectivity index (χ0n) is 18.9. The molecule has 10 heteroatoms. The van der Waals surface area contributed by atoms with Crippen molar-refractivity contribution in [1.29, 1.82) is 0 Å². The quantitative estimate of drug-likeness (QED) is 0.622. The molecule has 3 aromatic rings. The molecule has 5 rings (SSSR count). The van der Waals surface area contributed by atoms with Crippen molar-refractivity contribution in [2.75, 3.05) is 16.4 Å². The zero-order valence-corrected chi connectivity index (χ0v) is 19.7. The first-order valence-electron chi connectivity index (χ1n) is 11.5.